The molecule has 1 N–H and O–H groups in total. The third-order valence-corrected chi connectivity index (χ3v) is 3.95. The molecule has 0 saturated carbocycles. The first-order chi connectivity index (χ1) is 9.65. The molecule has 1 atom stereocenters. The van der Waals surface area contributed by atoms with Gasteiger partial charge in [-0.1, -0.05) is 23.8 Å². The van der Waals surface area contributed by atoms with Gasteiger partial charge in [-0.25, -0.2) is 0 Å². The number of nitrogens with one attached hydrogen (secondary N) is 1. The summed E-state index contributed by atoms with van der Waals surface area (Å²) in [6.45, 7) is 3.74. The first kappa shape index (κ1) is 14.7. The summed E-state index contributed by atoms with van der Waals surface area (Å²) in [5.41, 5.74) is 3.92. The largest absolute Gasteiger partial charge is 0.358 e. The maximum atomic E-state index is 12.0. The van der Waals surface area contributed by atoms with E-state index in [1.807, 2.05) is 0 Å². The van der Waals surface area contributed by atoms with Crippen LogP contribution in [0.2, 0.25) is 0 Å². The van der Waals surface area contributed by atoms with Crippen LogP contribution in [0.15, 0.2) is 18.2 Å². The third-order valence-electron chi connectivity index (χ3n) is 3.95. The molecule has 1 heterocycles. The Morgan fingerprint density at radius 2 is 2.25 bits per heavy atom. The average Bonchev–Trinajstić information content (AvgIpc) is 2.46. The summed E-state index contributed by atoms with van der Waals surface area (Å²) in [5.74, 6) is 0.00273. The highest BCUT2D eigenvalue weighted by Gasteiger charge is 2.27. The summed E-state index contributed by atoms with van der Waals surface area (Å²) in [6, 6.07) is 6.31. The molecule has 1 aliphatic heterocycles. The lowest BCUT2D eigenvalue weighted by atomic mass is 9.95. The molecule has 0 fully saturated rings. The summed E-state index contributed by atoms with van der Waals surface area (Å²) in [5, 5.41) is 2.71. The van der Waals surface area contributed by atoms with Crippen LogP contribution < -0.4 is 5.32 Å². The molecule has 1 aromatic rings. The molecule has 1 aliphatic rings. The predicted molar refractivity (Wildman–Crippen MR) is 78.4 cm³/mol. The molecular weight excluding hydrogens is 252 g/mol. The molecule has 4 heteroatoms. The lowest BCUT2D eigenvalue weighted by Gasteiger charge is -2.34. The highest BCUT2D eigenvalue weighted by Crippen LogP contribution is 2.23. The quantitative estimate of drug-likeness (QED) is 0.827. The van der Waals surface area contributed by atoms with Gasteiger partial charge < -0.3 is 10.1 Å². The molecule has 1 amide bonds. The van der Waals surface area contributed by atoms with Gasteiger partial charge in [0, 0.05) is 26.6 Å². The van der Waals surface area contributed by atoms with Gasteiger partial charge in [0.2, 0.25) is 5.91 Å². The Bertz CT molecular complexity index is 499. The van der Waals surface area contributed by atoms with E-state index in [4.69, 9.17) is 0 Å². The van der Waals surface area contributed by atoms with Crippen molar-refractivity contribution in [2.45, 2.75) is 38.8 Å². The normalized spacial score (nSPS) is 16.3. The molecule has 0 aromatic heterocycles. The fourth-order valence-corrected chi connectivity index (χ4v) is 2.85. The minimum absolute atomic E-state index is 0.00273. The topological polar surface area (TPSA) is 49.4 Å². The second-order valence-electron chi connectivity index (χ2n) is 5.37. The van der Waals surface area contributed by atoms with Crippen molar-refractivity contribution in [1.29, 1.82) is 0 Å². The Balaban J connectivity index is 2.15. The summed E-state index contributed by atoms with van der Waals surface area (Å²) in [7, 11) is 1.65. The number of carbonyl (C=O) groups excluding carboxylic acids is 2. The van der Waals surface area contributed by atoms with Crippen LogP contribution in [0.4, 0.5) is 0 Å². The molecule has 2 rings (SSSR count). The summed E-state index contributed by atoms with van der Waals surface area (Å²) >= 11 is 0. The van der Waals surface area contributed by atoms with E-state index in [0.717, 1.165) is 25.8 Å². The van der Waals surface area contributed by atoms with Crippen LogP contribution >= 0.6 is 0 Å². The molecule has 0 radical (unpaired) electrons. The number of aryl methyl sites for hydroxylation is 1. The van der Waals surface area contributed by atoms with Gasteiger partial charge in [-0.3, -0.25) is 9.69 Å². The van der Waals surface area contributed by atoms with E-state index >= 15 is 0 Å². The van der Waals surface area contributed by atoms with Crippen LogP contribution in [0.25, 0.3) is 0 Å². The van der Waals surface area contributed by atoms with Gasteiger partial charge in [-0.2, -0.15) is 0 Å². The molecule has 0 saturated heterocycles. The predicted octanol–water partition coefficient (Wildman–Crippen LogP) is 1.45. The Morgan fingerprint density at radius 3 is 2.95 bits per heavy atom. The zero-order valence-corrected chi connectivity index (χ0v) is 12.2. The number of fused-ring (bicyclic) bond motifs is 1. The highest BCUT2D eigenvalue weighted by atomic mass is 16.2. The van der Waals surface area contributed by atoms with E-state index in [2.05, 4.69) is 35.3 Å². The minimum Gasteiger partial charge on any atom is -0.358 e. The Labute approximate surface area is 120 Å². The lowest BCUT2D eigenvalue weighted by Crippen LogP contribution is -2.47. The molecule has 0 bridgehead atoms. The number of likely N-dealkylation sites (N-methyl/N-ethyl adjacent to an activating group) is 1. The second kappa shape index (κ2) is 6.66. The number of rotatable bonds is 5. The van der Waals surface area contributed by atoms with Gasteiger partial charge in [0.15, 0.2) is 0 Å². The maximum absolute atomic E-state index is 12.0. The Morgan fingerprint density at radius 1 is 1.45 bits per heavy atom. The van der Waals surface area contributed by atoms with Crippen LogP contribution in [0.1, 0.15) is 29.5 Å². The maximum Gasteiger partial charge on any atom is 0.237 e. The van der Waals surface area contributed by atoms with Crippen molar-refractivity contribution in [2.24, 2.45) is 0 Å². The molecule has 20 heavy (non-hydrogen) atoms. The summed E-state index contributed by atoms with van der Waals surface area (Å²) in [6.07, 6.45) is 2.86. The van der Waals surface area contributed by atoms with E-state index in [1.54, 1.807) is 7.05 Å². The van der Waals surface area contributed by atoms with Crippen LogP contribution in [0, 0.1) is 6.92 Å². The molecule has 0 aliphatic carbocycles. The van der Waals surface area contributed by atoms with Gasteiger partial charge in [-0.15, -0.1) is 0 Å². The second-order valence-corrected chi connectivity index (χ2v) is 5.37. The standard InChI is InChI=1S/C16H22N2O2/c1-12-5-6-13-7-8-18(11-14(13)10-12)15(4-3-9-19)16(20)17-2/h5-6,9-10,15H,3-4,7-8,11H2,1-2H3,(H,17,20). The van der Waals surface area contributed by atoms with E-state index in [0.29, 0.717) is 12.8 Å². The fourth-order valence-electron chi connectivity index (χ4n) is 2.85. The first-order valence-corrected chi connectivity index (χ1v) is 7.13. The van der Waals surface area contributed by atoms with Crippen molar-refractivity contribution in [3.8, 4) is 0 Å². The van der Waals surface area contributed by atoms with Crippen LogP contribution in [-0.4, -0.2) is 36.7 Å². The number of hydrogen-bond donors (Lipinski definition) is 1. The van der Waals surface area contributed by atoms with Crippen LogP contribution in [-0.2, 0) is 22.6 Å². The van der Waals surface area contributed by atoms with E-state index in [1.165, 1.54) is 16.7 Å². The summed E-state index contributed by atoms with van der Waals surface area (Å²) < 4.78 is 0. The van der Waals surface area contributed by atoms with Crippen LogP contribution in [0.5, 0.6) is 0 Å². The third kappa shape index (κ3) is 3.25. The van der Waals surface area contributed by atoms with Gasteiger partial charge in [-0.05, 0) is 30.9 Å². The SMILES string of the molecule is CNC(=O)C(CCC=O)N1CCc2ccc(C)cc2C1. The van der Waals surface area contributed by atoms with Gasteiger partial charge in [0.05, 0.1) is 6.04 Å². The number of hydrogen-bond acceptors (Lipinski definition) is 3. The smallest absolute Gasteiger partial charge is 0.237 e. The first-order valence-electron chi connectivity index (χ1n) is 7.13. The number of aldehydes is 1. The Hall–Kier alpha value is -1.68. The molecular formula is C16H22N2O2. The van der Waals surface area contributed by atoms with Gasteiger partial charge >= 0.3 is 0 Å². The lowest BCUT2D eigenvalue weighted by molar-refractivity contribution is -0.126. The monoisotopic (exact) mass is 274 g/mol. The van der Waals surface area contributed by atoms with Crippen molar-refractivity contribution < 1.29 is 9.59 Å². The Kier molecular flexibility index (Phi) is 4.90. The fraction of sp³-hybridized carbons (Fsp3) is 0.500. The van der Waals surface area contributed by atoms with Gasteiger partial charge in [0.25, 0.3) is 0 Å². The molecule has 108 valence electrons. The number of nitrogens with zero attached hydrogens (tertiary/aromatic N) is 1. The molecule has 4 nitrogen and oxygen atoms in total. The average molecular weight is 274 g/mol. The zero-order valence-electron chi connectivity index (χ0n) is 12.2. The molecule has 0 spiro atoms. The van der Waals surface area contributed by atoms with Crippen molar-refractivity contribution in [1.82, 2.24) is 10.2 Å². The van der Waals surface area contributed by atoms with E-state index < -0.39 is 0 Å². The summed E-state index contributed by atoms with van der Waals surface area (Å²) in [4.78, 5) is 24.8. The molecule has 1 unspecified atom stereocenters. The number of carbonyl (C=O) groups is 2. The number of amides is 1. The van der Waals surface area contributed by atoms with Crippen molar-refractivity contribution in [3.05, 3.63) is 34.9 Å². The van der Waals surface area contributed by atoms with Crippen LogP contribution in [0.3, 0.4) is 0 Å². The van der Waals surface area contributed by atoms with E-state index in [9.17, 15) is 9.59 Å². The minimum atomic E-state index is -0.209. The van der Waals surface area contributed by atoms with Crippen molar-refractivity contribution >= 4 is 12.2 Å². The zero-order chi connectivity index (χ0) is 14.5. The van der Waals surface area contributed by atoms with Crippen molar-refractivity contribution in [2.75, 3.05) is 13.6 Å². The number of benzene rings is 1. The van der Waals surface area contributed by atoms with E-state index in [-0.39, 0.29) is 11.9 Å². The van der Waals surface area contributed by atoms with Gasteiger partial charge in [0.1, 0.15) is 6.29 Å². The van der Waals surface area contributed by atoms with Crippen molar-refractivity contribution in [3.63, 3.8) is 0 Å². The highest BCUT2D eigenvalue weighted by molar-refractivity contribution is 5.81. The molecule has 1 aromatic carbocycles.